The van der Waals surface area contributed by atoms with Gasteiger partial charge in [-0.15, -0.1) is 0 Å². The number of methoxy groups -OCH3 is 1. The molecule has 2 aliphatic rings. The van der Waals surface area contributed by atoms with Crippen LogP contribution in [0.3, 0.4) is 0 Å². The van der Waals surface area contributed by atoms with Crippen LogP contribution in [0.1, 0.15) is 42.7 Å². The van der Waals surface area contributed by atoms with Gasteiger partial charge in [-0.3, -0.25) is 4.90 Å². The van der Waals surface area contributed by atoms with Crippen LogP contribution in [0, 0.1) is 0 Å². The number of aromatic nitrogens is 2. The number of hydrogen-bond donors (Lipinski definition) is 1. The summed E-state index contributed by atoms with van der Waals surface area (Å²) in [5.41, 5.74) is -0.409. The molecule has 2 fully saturated rings. The average molecular weight is 459 g/mol. The van der Waals surface area contributed by atoms with Gasteiger partial charge in [-0.2, -0.15) is 18.2 Å². The van der Waals surface area contributed by atoms with Gasteiger partial charge in [-0.1, -0.05) is 35.5 Å². The maximum atomic E-state index is 12.8. The number of ether oxygens (including phenoxy) is 1. The van der Waals surface area contributed by atoms with Crippen LogP contribution in [0.4, 0.5) is 13.2 Å². The van der Waals surface area contributed by atoms with Gasteiger partial charge in [0, 0.05) is 23.2 Å². The molecule has 0 radical (unpaired) electrons. The zero-order valence-corrected chi connectivity index (χ0v) is 18.0. The van der Waals surface area contributed by atoms with E-state index in [9.17, 15) is 18.3 Å². The third-order valence-electron chi connectivity index (χ3n) is 6.78. The number of hydrogen-bond acceptors (Lipinski definition) is 6. The normalized spacial score (nSPS) is 25.4. The van der Waals surface area contributed by atoms with Crippen LogP contribution in [0.15, 0.2) is 53.1 Å². The Labute approximate surface area is 189 Å². The molecule has 2 aromatic carbocycles. The molecule has 0 amide bonds. The van der Waals surface area contributed by atoms with Crippen molar-refractivity contribution in [2.75, 3.05) is 7.11 Å². The maximum Gasteiger partial charge on any atom is 0.416 e. The van der Waals surface area contributed by atoms with E-state index in [1.807, 2.05) is 24.3 Å². The van der Waals surface area contributed by atoms with Crippen molar-refractivity contribution in [3.63, 3.8) is 0 Å². The van der Waals surface area contributed by atoms with Gasteiger partial charge >= 0.3 is 6.18 Å². The fourth-order valence-electron chi connectivity index (χ4n) is 5.22. The van der Waals surface area contributed by atoms with Crippen LogP contribution in [-0.4, -0.2) is 39.3 Å². The number of rotatable bonds is 5. The van der Waals surface area contributed by atoms with Crippen LogP contribution in [0.5, 0.6) is 5.75 Å². The summed E-state index contributed by atoms with van der Waals surface area (Å²) in [6.45, 7) is 0.435. The Morgan fingerprint density at radius 2 is 1.76 bits per heavy atom. The minimum atomic E-state index is -4.39. The van der Waals surface area contributed by atoms with E-state index in [0.717, 1.165) is 30.5 Å². The molecule has 2 atom stereocenters. The van der Waals surface area contributed by atoms with Crippen molar-refractivity contribution in [3.8, 4) is 17.1 Å². The molecule has 174 valence electrons. The molecular formula is C24H24F3N3O3. The number of fused-ring (bicyclic) bond motifs is 2. The first-order chi connectivity index (χ1) is 15.8. The number of halogens is 3. The number of para-hydroxylation sites is 1. The molecule has 0 saturated carbocycles. The molecule has 0 spiro atoms. The highest BCUT2D eigenvalue weighted by atomic mass is 19.4. The van der Waals surface area contributed by atoms with E-state index in [4.69, 9.17) is 9.26 Å². The molecule has 0 unspecified atom stereocenters. The highest BCUT2D eigenvalue weighted by Gasteiger charge is 2.49. The minimum Gasteiger partial charge on any atom is -0.496 e. The molecule has 3 aromatic rings. The molecule has 1 N–H and O–H groups in total. The third-order valence-corrected chi connectivity index (χ3v) is 6.78. The van der Waals surface area contributed by atoms with Crippen molar-refractivity contribution in [2.24, 2.45) is 0 Å². The lowest BCUT2D eigenvalue weighted by Gasteiger charge is -2.43. The Morgan fingerprint density at radius 3 is 2.39 bits per heavy atom. The first-order valence-corrected chi connectivity index (χ1v) is 10.9. The summed E-state index contributed by atoms with van der Waals surface area (Å²) in [6.07, 6.45) is -1.32. The van der Waals surface area contributed by atoms with E-state index < -0.39 is 17.3 Å². The number of benzene rings is 2. The van der Waals surface area contributed by atoms with E-state index >= 15 is 0 Å². The Morgan fingerprint density at radius 1 is 1.09 bits per heavy atom. The van der Waals surface area contributed by atoms with Gasteiger partial charge in [0.2, 0.25) is 11.7 Å². The van der Waals surface area contributed by atoms with Crippen LogP contribution in [0.25, 0.3) is 11.4 Å². The smallest absolute Gasteiger partial charge is 0.416 e. The third kappa shape index (κ3) is 4.11. The molecule has 9 heteroatoms. The molecule has 3 heterocycles. The molecule has 2 bridgehead atoms. The lowest BCUT2D eigenvalue weighted by molar-refractivity contribution is -0.137. The van der Waals surface area contributed by atoms with Gasteiger partial charge < -0.3 is 14.4 Å². The Bertz CT molecular complexity index is 1120. The highest BCUT2D eigenvalue weighted by Crippen LogP contribution is 2.48. The van der Waals surface area contributed by atoms with Crippen LogP contribution in [-0.2, 0) is 18.3 Å². The lowest BCUT2D eigenvalue weighted by Crippen LogP contribution is -2.49. The largest absolute Gasteiger partial charge is 0.496 e. The topological polar surface area (TPSA) is 71.6 Å². The molecular weight excluding hydrogens is 435 g/mol. The lowest BCUT2D eigenvalue weighted by atomic mass is 9.80. The molecule has 0 aliphatic carbocycles. The number of nitrogens with zero attached hydrogens (tertiary/aromatic N) is 3. The van der Waals surface area contributed by atoms with Crippen molar-refractivity contribution < 1.29 is 27.5 Å². The average Bonchev–Trinajstić information content (AvgIpc) is 3.36. The fourth-order valence-corrected chi connectivity index (χ4v) is 5.22. The van der Waals surface area contributed by atoms with Gasteiger partial charge in [0.25, 0.3) is 0 Å². The van der Waals surface area contributed by atoms with Gasteiger partial charge in [-0.05, 0) is 43.9 Å². The summed E-state index contributed by atoms with van der Waals surface area (Å²) in [5.74, 6) is 1.35. The zero-order valence-electron chi connectivity index (χ0n) is 18.0. The summed E-state index contributed by atoms with van der Waals surface area (Å²) in [5, 5.41) is 15.5. The molecule has 2 saturated heterocycles. The van der Waals surface area contributed by atoms with Crippen molar-refractivity contribution in [3.05, 3.63) is 65.5 Å². The summed E-state index contributed by atoms with van der Waals surface area (Å²) >= 11 is 0. The first kappa shape index (κ1) is 21.9. The van der Waals surface area contributed by atoms with Crippen molar-refractivity contribution in [1.29, 1.82) is 0 Å². The highest BCUT2D eigenvalue weighted by molar-refractivity contribution is 5.54. The molecule has 1 aromatic heterocycles. The van der Waals surface area contributed by atoms with E-state index in [-0.39, 0.29) is 17.9 Å². The van der Waals surface area contributed by atoms with Crippen LogP contribution < -0.4 is 4.74 Å². The van der Waals surface area contributed by atoms with E-state index in [1.165, 1.54) is 12.1 Å². The Balaban J connectivity index is 1.31. The van der Waals surface area contributed by atoms with E-state index in [0.29, 0.717) is 36.6 Å². The maximum absolute atomic E-state index is 12.8. The second-order valence-electron chi connectivity index (χ2n) is 8.78. The van der Waals surface area contributed by atoms with Gasteiger partial charge in [0.15, 0.2) is 0 Å². The standard InChI is InChI=1S/C24H24F3N3O3/c1-32-20-5-3-2-4-19(20)23(31)12-17-10-11-18(13-23)30(17)14-21-28-22(29-33-21)15-6-8-16(9-7-15)24(25,26)27/h2-9,17-18,31H,10-14H2,1H3/t17-,18-/m0/s1. The summed E-state index contributed by atoms with van der Waals surface area (Å²) in [4.78, 5) is 6.69. The molecule has 2 aliphatic heterocycles. The summed E-state index contributed by atoms with van der Waals surface area (Å²) in [7, 11) is 1.61. The predicted molar refractivity (Wildman–Crippen MR) is 113 cm³/mol. The Kier molecular flexibility index (Phi) is 5.41. The number of alkyl halides is 3. The van der Waals surface area contributed by atoms with Crippen molar-refractivity contribution in [1.82, 2.24) is 15.0 Å². The molecule has 6 nitrogen and oxygen atoms in total. The minimum absolute atomic E-state index is 0.153. The molecule has 33 heavy (non-hydrogen) atoms. The summed E-state index contributed by atoms with van der Waals surface area (Å²) in [6, 6.07) is 12.6. The fraction of sp³-hybridized carbons (Fsp3) is 0.417. The summed E-state index contributed by atoms with van der Waals surface area (Å²) < 4.78 is 49.3. The van der Waals surface area contributed by atoms with Crippen molar-refractivity contribution in [2.45, 2.75) is 56.1 Å². The van der Waals surface area contributed by atoms with Crippen LogP contribution >= 0.6 is 0 Å². The number of aliphatic hydroxyl groups is 1. The van der Waals surface area contributed by atoms with Gasteiger partial charge in [-0.25, -0.2) is 0 Å². The Hall–Kier alpha value is -2.91. The quantitative estimate of drug-likeness (QED) is 0.592. The van der Waals surface area contributed by atoms with Gasteiger partial charge in [0.1, 0.15) is 5.75 Å². The zero-order chi connectivity index (χ0) is 23.2. The van der Waals surface area contributed by atoms with Crippen molar-refractivity contribution >= 4 is 0 Å². The monoisotopic (exact) mass is 459 g/mol. The number of piperidine rings is 1. The van der Waals surface area contributed by atoms with Crippen LogP contribution in [0.2, 0.25) is 0 Å². The van der Waals surface area contributed by atoms with E-state index in [1.54, 1.807) is 7.11 Å². The second kappa shape index (κ2) is 8.14. The second-order valence-corrected chi connectivity index (χ2v) is 8.78. The molecule has 5 rings (SSSR count). The van der Waals surface area contributed by atoms with Gasteiger partial charge in [0.05, 0.1) is 24.8 Å². The SMILES string of the molecule is COc1ccccc1C1(O)C[C@@H]2CC[C@@H](C1)N2Cc1nc(-c2ccc(C(F)(F)F)cc2)no1. The first-order valence-electron chi connectivity index (χ1n) is 10.9. The predicted octanol–water partition coefficient (Wildman–Crippen LogP) is 4.78. The van der Waals surface area contributed by atoms with E-state index in [2.05, 4.69) is 15.0 Å².